The van der Waals surface area contributed by atoms with E-state index in [9.17, 15) is 8.78 Å². The molecule has 1 nitrogen and oxygen atoms in total. The van der Waals surface area contributed by atoms with Crippen LogP contribution in [0.15, 0.2) is 30.3 Å². The zero-order chi connectivity index (χ0) is 14.2. The van der Waals surface area contributed by atoms with Gasteiger partial charge in [0.25, 0.3) is 0 Å². The molecule has 0 bridgehead atoms. The van der Waals surface area contributed by atoms with E-state index >= 15 is 0 Å². The van der Waals surface area contributed by atoms with Crippen LogP contribution in [-0.4, -0.2) is 0 Å². The zero-order valence-corrected chi connectivity index (χ0v) is 11.3. The lowest BCUT2D eigenvalue weighted by molar-refractivity contribution is 0.560. The van der Waals surface area contributed by atoms with Crippen molar-refractivity contribution >= 4 is 0 Å². The molecule has 2 N–H and O–H groups in total. The summed E-state index contributed by atoms with van der Waals surface area (Å²) in [5.74, 6) is -1.15. The fraction of sp³-hybridized carbons (Fsp3) is 0.250. The summed E-state index contributed by atoms with van der Waals surface area (Å²) in [6, 6.07) is 7.56. The topological polar surface area (TPSA) is 26.0 Å². The van der Waals surface area contributed by atoms with Crippen LogP contribution >= 0.6 is 0 Å². The highest BCUT2D eigenvalue weighted by atomic mass is 19.1. The van der Waals surface area contributed by atoms with Gasteiger partial charge in [-0.3, -0.25) is 0 Å². The van der Waals surface area contributed by atoms with E-state index < -0.39 is 17.7 Å². The number of aryl methyl sites for hydroxylation is 2. The Bertz CT molecular complexity index is 620. The smallest absolute Gasteiger partial charge is 0.131 e. The quantitative estimate of drug-likeness (QED) is 0.870. The van der Waals surface area contributed by atoms with Gasteiger partial charge in [0.1, 0.15) is 11.6 Å². The molecule has 2 aromatic carbocycles. The first-order chi connectivity index (χ1) is 8.91. The molecule has 2 rings (SSSR count). The molecule has 3 heteroatoms. The van der Waals surface area contributed by atoms with Crippen molar-refractivity contribution < 1.29 is 8.78 Å². The summed E-state index contributed by atoms with van der Waals surface area (Å²) in [5.41, 5.74) is 9.88. The molecule has 100 valence electrons. The summed E-state index contributed by atoms with van der Waals surface area (Å²) in [7, 11) is 0. The molecule has 0 saturated carbocycles. The number of nitrogens with two attached hydrogens (primary N) is 1. The van der Waals surface area contributed by atoms with Crippen LogP contribution in [0.2, 0.25) is 0 Å². The molecule has 2 aromatic rings. The predicted molar refractivity (Wildman–Crippen MR) is 73.0 cm³/mol. The van der Waals surface area contributed by atoms with Gasteiger partial charge in [-0.05, 0) is 49.1 Å². The van der Waals surface area contributed by atoms with Crippen LogP contribution < -0.4 is 5.73 Å². The second-order valence-corrected chi connectivity index (χ2v) is 4.89. The molecule has 0 aliphatic rings. The Morgan fingerprint density at radius 2 is 1.58 bits per heavy atom. The number of benzene rings is 2. The molecule has 0 aliphatic heterocycles. The van der Waals surface area contributed by atoms with Crippen molar-refractivity contribution in [1.29, 1.82) is 0 Å². The van der Waals surface area contributed by atoms with E-state index in [-0.39, 0.29) is 0 Å². The van der Waals surface area contributed by atoms with Crippen LogP contribution in [0.25, 0.3) is 0 Å². The van der Waals surface area contributed by atoms with Crippen LogP contribution in [0.4, 0.5) is 8.78 Å². The van der Waals surface area contributed by atoms with E-state index in [1.807, 2.05) is 32.0 Å². The van der Waals surface area contributed by atoms with Crippen molar-refractivity contribution in [3.05, 3.63) is 69.8 Å². The monoisotopic (exact) mass is 261 g/mol. The number of halogens is 2. The summed E-state index contributed by atoms with van der Waals surface area (Å²) in [6.45, 7) is 5.55. The molecular weight excluding hydrogens is 244 g/mol. The first-order valence-corrected chi connectivity index (χ1v) is 6.19. The first-order valence-electron chi connectivity index (χ1n) is 6.19. The van der Waals surface area contributed by atoms with Gasteiger partial charge in [-0.25, -0.2) is 8.78 Å². The van der Waals surface area contributed by atoms with Gasteiger partial charge >= 0.3 is 0 Å². The maximum atomic E-state index is 13.9. The molecule has 1 unspecified atom stereocenters. The first kappa shape index (κ1) is 13.7. The molecule has 19 heavy (non-hydrogen) atoms. The summed E-state index contributed by atoms with van der Waals surface area (Å²) in [5, 5.41) is 0. The lowest BCUT2D eigenvalue weighted by atomic mass is 9.92. The van der Waals surface area contributed by atoms with Gasteiger partial charge in [0.2, 0.25) is 0 Å². The molecule has 1 atom stereocenters. The van der Waals surface area contributed by atoms with Gasteiger partial charge in [0.05, 0.1) is 6.04 Å². The highest BCUT2D eigenvalue weighted by Crippen LogP contribution is 2.27. The van der Waals surface area contributed by atoms with Crippen molar-refractivity contribution in [3.8, 4) is 0 Å². The molecule has 0 radical (unpaired) electrons. The van der Waals surface area contributed by atoms with Crippen molar-refractivity contribution in [2.24, 2.45) is 5.73 Å². The van der Waals surface area contributed by atoms with Gasteiger partial charge in [-0.2, -0.15) is 0 Å². The molecule has 0 saturated heterocycles. The van der Waals surface area contributed by atoms with Crippen LogP contribution in [0.5, 0.6) is 0 Å². The molecular formula is C16H17F2N. The SMILES string of the molecule is Cc1cc(C(N)c2cccc(C)c2C)c(F)cc1F. The minimum atomic E-state index is -0.600. The maximum absolute atomic E-state index is 13.9. The third-order valence-electron chi connectivity index (χ3n) is 3.59. The minimum absolute atomic E-state index is 0.326. The largest absolute Gasteiger partial charge is 0.320 e. The van der Waals surface area contributed by atoms with Gasteiger partial charge in [0, 0.05) is 11.6 Å². The zero-order valence-electron chi connectivity index (χ0n) is 11.3. The highest BCUT2D eigenvalue weighted by molar-refractivity contribution is 5.41. The Balaban J connectivity index is 2.53. The van der Waals surface area contributed by atoms with Crippen LogP contribution in [0.3, 0.4) is 0 Å². The molecule has 0 aromatic heterocycles. The minimum Gasteiger partial charge on any atom is -0.320 e. The van der Waals surface area contributed by atoms with Crippen molar-refractivity contribution in [3.63, 3.8) is 0 Å². The van der Waals surface area contributed by atoms with Gasteiger partial charge < -0.3 is 5.73 Å². The van der Waals surface area contributed by atoms with E-state index in [1.54, 1.807) is 6.92 Å². The van der Waals surface area contributed by atoms with E-state index in [4.69, 9.17) is 5.73 Å². The molecule has 0 amide bonds. The van der Waals surface area contributed by atoms with E-state index in [1.165, 1.54) is 6.07 Å². The van der Waals surface area contributed by atoms with Gasteiger partial charge in [-0.1, -0.05) is 18.2 Å². The van der Waals surface area contributed by atoms with E-state index in [2.05, 4.69) is 0 Å². The number of hydrogen-bond donors (Lipinski definition) is 1. The summed E-state index contributed by atoms with van der Waals surface area (Å²) >= 11 is 0. The summed E-state index contributed by atoms with van der Waals surface area (Å²) in [6.07, 6.45) is 0. The van der Waals surface area contributed by atoms with Crippen LogP contribution in [-0.2, 0) is 0 Å². The van der Waals surface area contributed by atoms with Gasteiger partial charge in [-0.15, -0.1) is 0 Å². The van der Waals surface area contributed by atoms with Crippen molar-refractivity contribution in [2.75, 3.05) is 0 Å². The van der Waals surface area contributed by atoms with E-state index in [0.29, 0.717) is 11.1 Å². The average molecular weight is 261 g/mol. The lowest BCUT2D eigenvalue weighted by Crippen LogP contribution is -2.16. The third kappa shape index (κ3) is 2.51. The Morgan fingerprint density at radius 3 is 2.26 bits per heavy atom. The van der Waals surface area contributed by atoms with Crippen molar-refractivity contribution in [1.82, 2.24) is 0 Å². The Labute approximate surface area is 112 Å². The maximum Gasteiger partial charge on any atom is 0.131 e. The predicted octanol–water partition coefficient (Wildman–Crippen LogP) is 3.94. The highest BCUT2D eigenvalue weighted by Gasteiger charge is 2.17. The Kier molecular flexibility index (Phi) is 3.67. The van der Waals surface area contributed by atoms with Crippen molar-refractivity contribution in [2.45, 2.75) is 26.8 Å². The van der Waals surface area contributed by atoms with E-state index in [0.717, 1.165) is 22.8 Å². The molecule has 0 aliphatic carbocycles. The number of rotatable bonds is 2. The second-order valence-electron chi connectivity index (χ2n) is 4.89. The standard InChI is InChI=1S/C16H17F2N/c1-9-5-4-6-12(11(9)3)16(19)13-7-10(2)14(17)8-15(13)18/h4-8,16H,19H2,1-3H3. The molecule has 0 spiro atoms. The lowest BCUT2D eigenvalue weighted by Gasteiger charge is -2.18. The number of hydrogen-bond acceptors (Lipinski definition) is 1. The Hall–Kier alpha value is -1.74. The summed E-state index contributed by atoms with van der Waals surface area (Å²) < 4.78 is 27.2. The Morgan fingerprint density at radius 1 is 0.895 bits per heavy atom. The van der Waals surface area contributed by atoms with Gasteiger partial charge in [0.15, 0.2) is 0 Å². The van der Waals surface area contributed by atoms with Crippen LogP contribution in [0.1, 0.15) is 33.9 Å². The normalized spacial score (nSPS) is 12.5. The average Bonchev–Trinajstić information content (AvgIpc) is 2.36. The molecule has 0 heterocycles. The third-order valence-corrected chi connectivity index (χ3v) is 3.59. The molecule has 0 fully saturated rings. The van der Waals surface area contributed by atoms with Crippen LogP contribution in [0, 0.1) is 32.4 Å². The fourth-order valence-corrected chi connectivity index (χ4v) is 2.20. The second kappa shape index (κ2) is 5.10. The fourth-order valence-electron chi connectivity index (χ4n) is 2.20. The summed E-state index contributed by atoms with van der Waals surface area (Å²) in [4.78, 5) is 0.